The molecule has 0 radical (unpaired) electrons. The Morgan fingerprint density at radius 3 is 2.59 bits per heavy atom. The first kappa shape index (κ1) is 11.7. The lowest BCUT2D eigenvalue weighted by molar-refractivity contribution is 0.102. The van der Waals surface area contributed by atoms with E-state index >= 15 is 0 Å². The number of nitrogens with one attached hydrogen (secondary N) is 1. The molecular weight excluding hydrogens is 234 g/mol. The first-order valence-electron chi connectivity index (χ1n) is 5.24. The molecule has 5 heteroatoms. The van der Waals surface area contributed by atoms with Crippen molar-refractivity contribution in [2.24, 2.45) is 0 Å². The van der Waals surface area contributed by atoms with E-state index in [1.54, 1.807) is 12.3 Å². The number of rotatable bonds is 2. The van der Waals surface area contributed by atoms with Crippen molar-refractivity contribution >= 4 is 23.1 Å². The molecule has 1 N–H and O–H groups in total. The van der Waals surface area contributed by atoms with Gasteiger partial charge in [-0.25, -0.2) is 9.97 Å². The molecule has 4 nitrogen and oxygen atoms in total. The number of carbonyl (C=O) groups is 1. The highest BCUT2D eigenvalue weighted by molar-refractivity contribution is 7.13. The predicted molar refractivity (Wildman–Crippen MR) is 68.5 cm³/mol. The van der Waals surface area contributed by atoms with Crippen LogP contribution < -0.4 is 5.32 Å². The summed E-state index contributed by atoms with van der Waals surface area (Å²) in [6.07, 6.45) is 1.72. The molecule has 1 amide bonds. The molecule has 0 aromatic carbocycles. The zero-order chi connectivity index (χ0) is 12.4. The molecule has 0 spiro atoms. The number of pyridine rings is 1. The first-order valence-corrected chi connectivity index (χ1v) is 6.06. The van der Waals surface area contributed by atoms with Gasteiger partial charge < -0.3 is 5.32 Å². The fourth-order valence-electron chi connectivity index (χ4n) is 1.46. The smallest absolute Gasteiger partial charge is 0.268 e. The quantitative estimate of drug-likeness (QED) is 0.887. The number of thiazole rings is 1. The number of carbonyl (C=O) groups excluding carboxylic acids is 1. The average molecular weight is 247 g/mol. The van der Waals surface area contributed by atoms with Crippen LogP contribution in [0, 0.1) is 20.8 Å². The van der Waals surface area contributed by atoms with Crippen LogP contribution in [-0.4, -0.2) is 15.9 Å². The van der Waals surface area contributed by atoms with E-state index in [4.69, 9.17) is 0 Å². The first-order chi connectivity index (χ1) is 8.06. The van der Waals surface area contributed by atoms with Gasteiger partial charge in [-0.3, -0.25) is 4.79 Å². The Labute approximate surface area is 104 Å². The van der Waals surface area contributed by atoms with Crippen molar-refractivity contribution in [2.75, 3.05) is 5.32 Å². The van der Waals surface area contributed by atoms with Crippen LogP contribution in [0.15, 0.2) is 18.3 Å². The molecule has 2 heterocycles. The Morgan fingerprint density at radius 2 is 2.06 bits per heavy atom. The average Bonchev–Trinajstić information content (AvgIpc) is 2.61. The van der Waals surface area contributed by atoms with Gasteiger partial charge in [0.25, 0.3) is 5.91 Å². The van der Waals surface area contributed by atoms with Gasteiger partial charge in [-0.05, 0) is 32.4 Å². The second-order valence-corrected chi connectivity index (χ2v) is 5.03. The zero-order valence-corrected chi connectivity index (χ0v) is 10.8. The largest absolute Gasteiger partial charge is 0.306 e. The predicted octanol–water partition coefficient (Wildman–Crippen LogP) is 2.72. The summed E-state index contributed by atoms with van der Waals surface area (Å²) in [7, 11) is 0. The van der Waals surface area contributed by atoms with Crippen LogP contribution >= 0.6 is 11.3 Å². The fraction of sp³-hybridized carbons (Fsp3) is 0.250. The molecule has 0 aliphatic carbocycles. The van der Waals surface area contributed by atoms with Gasteiger partial charge in [0.15, 0.2) is 0 Å². The Hall–Kier alpha value is -1.75. The maximum atomic E-state index is 12.0. The minimum absolute atomic E-state index is 0.149. The van der Waals surface area contributed by atoms with Crippen molar-refractivity contribution in [2.45, 2.75) is 20.8 Å². The molecule has 88 valence electrons. The van der Waals surface area contributed by atoms with E-state index in [-0.39, 0.29) is 5.91 Å². The van der Waals surface area contributed by atoms with Gasteiger partial charge in [-0.1, -0.05) is 6.07 Å². The van der Waals surface area contributed by atoms with Crippen molar-refractivity contribution in [3.05, 3.63) is 39.5 Å². The third-order valence-corrected chi connectivity index (χ3v) is 3.33. The van der Waals surface area contributed by atoms with E-state index in [1.165, 1.54) is 11.3 Å². The van der Waals surface area contributed by atoms with Gasteiger partial charge in [0.1, 0.15) is 10.7 Å². The maximum Gasteiger partial charge on any atom is 0.268 e. The summed E-state index contributed by atoms with van der Waals surface area (Å²) in [6, 6.07) is 3.70. The van der Waals surface area contributed by atoms with Gasteiger partial charge in [0.05, 0.1) is 10.7 Å². The Morgan fingerprint density at radius 1 is 1.29 bits per heavy atom. The molecule has 0 saturated heterocycles. The van der Waals surface area contributed by atoms with Crippen LogP contribution in [0.5, 0.6) is 0 Å². The van der Waals surface area contributed by atoms with Crippen LogP contribution in [0.3, 0.4) is 0 Å². The van der Waals surface area contributed by atoms with E-state index < -0.39 is 0 Å². The standard InChI is InChI=1S/C12H13N3OS/c1-7-4-5-10(13-6-7)15-12(16)11-8(2)14-9(3)17-11/h4-6H,1-3H3,(H,13,15,16). The van der Waals surface area contributed by atoms with Crippen LogP contribution in [0.2, 0.25) is 0 Å². The summed E-state index contributed by atoms with van der Waals surface area (Å²) >= 11 is 1.39. The van der Waals surface area contributed by atoms with Gasteiger partial charge in [-0.15, -0.1) is 11.3 Å². The highest BCUT2D eigenvalue weighted by atomic mass is 32.1. The normalized spacial score (nSPS) is 10.3. The molecule has 17 heavy (non-hydrogen) atoms. The number of hydrogen-bond donors (Lipinski definition) is 1. The molecule has 0 atom stereocenters. The Balaban J connectivity index is 2.17. The lowest BCUT2D eigenvalue weighted by atomic mass is 10.3. The monoisotopic (exact) mass is 247 g/mol. The van der Waals surface area contributed by atoms with Crippen LogP contribution in [0.1, 0.15) is 25.9 Å². The molecule has 0 fully saturated rings. The number of nitrogens with zero attached hydrogens (tertiary/aromatic N) is 2. The van der Waals surface area contributed by atoms with Crippen molar-refractivity contribution < 1.29 is 4.79 Å². The third-order valence-electron chi connectivity index (χ3n) is 2.26. The van der Waals surface area contributed by atoms with E-state index in [1.807, 2.05) is 26.8 Å². The highest BCUT2D eigenvalue weighted by Gasteiger charge is 2.13. The molecule has 0 aliphatic heterocycles. The molecule has 2 aromatic heterocycles. The van der Waals surface area contributed by atoms with Crippen molar-refractivity contribution in [1.82, 2.24) is 9.97 Å². The summed E-state index contributed by atoms with van der Waals surface area (Å²) in [5, 5.41) is 3.65. The number of amides is 1. The molecule has 0 saturated carbocycles. The molecular formula is C12H13N3OS. The minimum Gasteiger partial charge on any atom is -0.306 e. The second-order valence-electron chi connectivity index (χ2n) is 3.82. The highest BCUT2D eigenvalue weighted by Crippen LogP contribution is 2.18. The fourth-order valence-corrected chi connectivity index (χ4v) is 2.27. The number of hydrogen-bond acceptors (Lipinski definition) is 4. The van der Waals surface area contributed by atoms with Crippen molar-refractivity contribution in [1.29, 1.82) is 0 Å². The Kier molecular flexibility index (Phi) is 3.19. The summed E-state index contributed by atoms with van der Waals surface area (Å²) in [4.78, 5) is 21.0. The van der Waals surface area contributed by atoms with Crippen LogP contribution in [-0.2, 0) is 0 Å². The molecule has 0 bridgehead atoms. The van der Waals surface area contributed by atoms with E-state index in [0.717, 1.165) is 16.3 Å². The lowest BCUT2D eigenvalue weighted by Crippen LogP contribution is -2.12. The summed E-state index contributed by atoms with van der Waals surface area (Å²) < 4.78 is 0. The minimum atomic E-state index is -0.149. The van der Waals surface area contributed by atoms with E-state index in [9.17, 15) is 4.79 Å². The number of aryl methyl sites for hydroxylation is 3. The molecule has 2 aromatic rings. The van der Waals surface area contributed by atoms with Gasteiger partial charge in [0.2, 0.25) is 0 Å². The number of anilines is 1. The van der Waals surface area contributed by atoms with E-state index in [0.29, 0.717) is 10.7 Å². The Bertz CT molecular complexity index is 545. The van der Waals surface area contributed by atoms with E-state index in [2.05, 4.69) is 15.3 Å². The second kappa shape index (κ2) is 4.63. The SMILES string of the molecule is Cc1ccc(NC(=O)c2sc(C)nc2C)nc1. The molecule has 0 aliphatic rings. The zero-order valence-electron chi connectivity index (χ0n) is 9.94. The van der Waals surface area contributed by atoms with Gasteiger partial charge in [-0.2, -0.15) is 0 Å². The van der Waals surface area contributed by atoms with Crippen LogP contribution in [0.4, 0.5) is 5.82 Å². The van der Waals surface area contributed by atoms with Gasteiger partial charge >= 0.3 is 0 Å². The van der Waals surface area contributed by atoms with Crippen LogP contribution in [0.25, 0.3) is 0 Å². The maximum absolute atomic E-state index is 12.0. The number of aromatic nitrogens is 2. The third kappa shape index (κ3) is 2.68. The summed E-state index contributed by atoms with van der Waals surface area (Å²) in [5.41, 5.74) is 1.82. The van der Waals surface area contributed by atoms with Crippen molar-refractivity contribution in [3.8, 4) is 0 Å². The summed E-state index contributed by atoms with van der Waals surface area (Å²) in [5.74, 6) is 0.413. The molecule has 2 rings (SSSR count). The van der Waals surface area contributed by atoms with Gasteiger partial charge in [0, 0.05) is 6.20 Å². The summed E-state index contributed by atoms with van der Waals surface area (Å²) in [6.45, 7) is 5.68. The lowest BCUT2D eigenvalue weighted by Gasteiger charge is -2.02. The van der Waals surface area contributed by atoms with Crippen molar-refractivity contribution in [3.63, 3.8) is 0 Å². The topological polar surface area (TPSA) is 54.9 Å². The molecule has 0 unspecified atom stereocenters.